The molecule has 2 heterocycles. The number of hydrogen-bond donors (Lipinski definition) is 1. The fraction of sp³-hybridized carbons (Fsp3) is 0.278. The zero-order valence-electron chi connectivity index (χ0n) is 15.9. The molecule has 1 aromatic heterocycles. The molecule has 0 aliphatic carbocycles. The average molecular weight is 468 g/mol. The number of nitrogens with one attached hydrogen (secondary N) is 1. The maximum Gasteiger partial charge on any atom is 0.433 e. The SMILES string of the molecule is CN(C(=O)C1CC(=O)NN1c1cc(C(F)(F)F)cc(C(F)(F)F)n1)c1ccc(F)c(F)c1. The predicted molar refractivity (Wildman–Crippen MR) is 93.0 cm³/mol. The zero-order valence-corrected chi connectivity index (χ0v) is 15.9. The van der Waals surface area contributed by atoms with E-state index in [9.17, 15) is 44.7 Å². The summed E-state index contributed by atoms with van der Waals surface area (Å²) in [6.07, 6.45) is -11.1. The molecular formula is C18H12F8N4O2. The van der Waals surface area contributed by atoms with E-state index in [1.54, 1.807) is 0 Å². The Morgan fingerprint density at radius 3 is 2.28 bits per heavy atom. The van der Waals surface area contributed by atoms with Crippen molar-refractivity contribution < 1.29 is 44.7 Å². The minimum Gasteiger partial charge on any atom is -0.314 e. The first-order valence-electron chi connectivity index (χ1n) is 8.66. The number of likely N-dealkylation sites (N-methyl/N-ethyl adjacent to an activating group) is 1. The van der Waals surface area contributed by atoms with Gasteiger partial charge in [0.2, 0.25) is 5.91 Å². The predicted octanol–water partition coefficient (Wildman–Crippen LogP) is 3.67. The van der Waals surface area contributed by atoms with Crippen molar-refractivity contribution in [3.8, 4) is 0 Å². The second-order valence-corrected chi connectivity index (χ2v) is 6.72. The quantitative estimate of drug-likeness (QED) is 0.699. The molecule has 1 saturated heterocycles. The number of alkyl halides is 6. The van der Waals surface area contributed by atoms with Crippen LogP contribution in [0.5, 0.6) is 0 Å². The van der Waals surface area contributed by atoms with Crippen molar-refractivity contribution >= 4 is 23.3 Å². The summed E-state index contributed by atoms with van der Waals surface area (Å²) in [4.78, 5) is 28.6. The van der Waals surface area contributed by atoms with Gasteiger partial charge in [-0.1, -0.05) is 0 Å². The van der Waals surface area contributed by atoms with Gasteiger partial charge in [0.25, 0.3) is 5.91 Å². The molecule has 0 radical (unpaired) electrons. The third-order valence-electron chi connectivity index (χ3n) is 4.52. The van der Waals surface area contributed by atoms with E-state index in [0.717, 1.165) is 18.0 Å². The lowest BCUT2D eigenvalue weighted by molar-refractivity contribution is -0.145. The zero-order chi connectivity index (χ0) is 24.0. The topological polar surface area (TPSA) is 65.5 Å². The van der Waals surface area contributed by atoms with Crippen LogP contribution in [0.2, 0.25) is 0 Å². The van der Waals surface area contributed by atoms with Crippen molar-refractivity contribution in [2.75, 3.05) is 17.0 Å². The Kier molecular flexibility index (Phi) is 5.74. The third-order valence-corrected chi connectivity index (χ3v) is 4.52. The molecule has 2 aromatic rings. The summed E-state index contributed by atoms with van der Waals surface area (Å²) in [5.74, 6) is -5.36. The molecule has 0 bridgehead atoms. The lowest BCUT2D eigenvalue weighted by Gasteiger charge is -2.28. The molecule has 1 aliphatic rings. The van der Waals surface area contributed by atoms with Crippen LogP contribution in [0.1, 0.15) is 17.7 Å². The first-order chi connectivity index (χ1) is 14.7. The number of aromatic nitrogens is 1. The molecule has 1 atom stereocenters. The van der Waals surface area contributed by atoms with E-state index < -0.39 is 65.3 Å². The number of pyridine rings is 1. The van der Waals surface area contributed by atoms with Gasteiger partial charge >= 0.3 is 12.4 Å². The molecule has 0 saturated carbocycles. The van der Waals surface area contributed by atoms with Gasteiger partial charge in [0.15, 0.2) is 11.6 Å². The highest BCUT2D eigenvalue weighted by Crippen LogP contribution is 2.37. The second kappa shape index (κ2) is 7.91. The highest BCUT2D eigenvalue weighted by atomic mass is 19.4. The van der Waals surface area contributed by atoms with Crippen LogP contribution in [0.4, 0.5) is 46.6 Å². The van der Waals surface area contributed by atoms with Gasteiger partial charge in [-0.25, -0.2) is 13.8 Å². The molecule has 172 valence electrons. The van der Waals surface area contributed by atoms with Crippen molar-refractivity contribution in [1.29, 1.82) is 0 Å². The van der Waals surface area contributed by atoms with Gasteiger partial charge in [-0.3, -0.25) is 20.0 Å². The second-order valence-electron chi connectivity index (χ2n) is 6.72. The number of halogens is 8. The average Bonchev–Trinajstić information content (AvgIpc) is 3.09. The van der Waals surface area contributed by atoms with Crippen LogP contribution in [-0.4, -0.2) is 29.9 Å². The van der Waals surface area contributed by atoms with Crippen LogP contribution < -0.4 is 15.3 Å². The summed E-state index contributed by atoms with van der Waals surface area (Å²) in [6.45, 7) is 0. The molecule has 14 heteroatoms. The molecule has 32 heavy (non-hydrogen) atoms. The fourth-order valence-corrected chi connectivity index (χ4v) is 2.93. The first kappa shape index (κ1) is 23.2. The number of hydrazine groups is 1. The number of rotatable bonds is 3. The van der Waals surface area contributed by atoms with Crippen LogP contribution in [0.15, 0.2) is 30.3 Å². The molecule has 0 spiro atoms. The van der Waals surface area contributed by atoms with Crippen LogP contribution in [0.25, 0.3) is 0 Å². The smallest absolute Gasteiger partial charge is 0.314 e. The fourth-order valence-electron chi connectivity index (χ4n) is 2.93. The van der Waals surface area contributed by atoms with Crippen LogP contribution in [0, 0.1) is 11.6 Å². The summed E-state index contributed by atoms with van der Waals surface area (Å²) in [7, 11) is 1.11. The Balaban J connectivity index is 2.02. The first-order valence-corrected chi connectivity index (χ1v) is 8.66. The van der Waals surface area contributed by atoms with Gasteiger partial charge in [0, 0.05) is 18.8 Å². The van der Waals surface area contributed by atoms with Crippen molar-refractivity contribution in [2.24, 2.45) is 0 Å². The van der Waals surface area contributed by atoms with E-state index >= 15 is 0 Å². The lowest BCUT2D eigenvalue weighted by Crippen LogP contribution is -2.48. The monoisotopic (exact) mass is 468 g/mol. The van der Waals surface area contributed by atoms with Crippen LogP contribution in [-0.2, 0) is 21.9 Å². The number of nitrogens with zero attached hydrogens (tertiary/aromatic N) is 3. The molecule has 1 aromatic carbocycles. The highest BCUT2D eigenvalue weighted by Gasteiger charge is 2.43. The van der Waals surface area contributed by atoms with Gasteiger partial charge in [-0.2, -0.15) is 26.3 Å². The minimum atomic E-state index is -5.25. The van der Waals surface area contributed by atoms with Crippen molar-refractivity contribution in [3.63, 3.8) is 0 Å². The molecule has 1 fully saturated rings. The Labute approximate surface area is 174 Å². The van der Waals surface area contributed by atoms with E-state index in [4.69, 9.17) is 0 Å². The largest absolute Gasteiger partial charge is 0.433 e. The summed E-state index contributed by atoms with van der Waals surface area (Å²) in [5.41, 5.74) is -1.75. The standard InChI is InChI=1S/C18H12F8N4O2/c1-29(9-2-3-10(19)11(20)6-9)16(32)12-7-15(31)28-30(12)14-5-8(17(21,22)23)4-13(27-14)18(24,25)26/h2-6,12H,7H2,1H3,(H,28,31). The van der Waals surface area contributed by atoms with Gasteiger partial charge in [0.1, 0.15) is 17.6 Å². The molecule has 1 N–H and O–H groups in total. The van der Waals surface area contributed by atoms with Gasteiger partial charge in [-0.05, 0) is 24.3 Å². The molecular weight excluding hydrogens is 456 g/mol. The molecule has 6 nitrogen and oxygen atoms in total. The molecule has 1 aliphatic heterocycles. The van der Waals surface area contributed by atoms with Crippen molar-refractivity contribution in [1.82, 2.24) is 10.4 Å². The number of hydrogen-bond acceptors (Lipinski definition) is 4. The Morgan fingerprint density at radius 2 is 1.72 bits per heavy atom. The van der Waals surface area contributed by atoms with Crippen molar-refractivity contribution in [2.45, 2.75) is 24.8 Å². The van der Waals surface area contributed by atoms with E-state index in [2.05, 4.69) is 4.98 Å². The van der Waals surface area contributed by atoms with Gasteiger partial charge < -0.3 is 4.90 Å². The number of carbonyl (C=O) groups excluding carboxylic acids is 2. The highest BCUT2D eigenvalue weighted by molar-refractivity contribution is 6.03. The van der Waals surface area contributed by atoms with E-state index in [-0.39, 0.29) is 17.8 Å². The number of benzene rings is 1. The maximum absolute atomic E-state index is 13.5. The maximum atomic E-state index is 13.5. The molecule has 2 amide bonds. The normalized spacial score (nSPS) is 16.8. The van der Waals surface area contributed by atoms with Crippen LogP contribution >= 0.6 is 0 Å². The lowest BCUT2D eigenvalue weighted by atomic mass is 10.1. The summed E-state index contributed by atoms with van der Waals surface area (Å²) in [5, 5.41) is 0.478. The van der Waals surface area contributed by atoms with Crippen molar-refractivity contribution in [3.05, 3.63) is 53.2 Å². The van der Waals surface area contributed by atoms with Crippen LogP contribution in [0.3, 0.4) is 0 Å². The molecule has 3 rings (SSSR count). The Hall–Kier alpha value is -3.45. The van der Waals surface area contributed by atoms with E-state index in [0.29, 0.717) is 17.1 Å². The molecule has 1 unspecified atom stereocenters. The Bertz CT molecular complexity index is 1040. The summed E-state index contributed by atoms with van der Waals surface area (Å²) in [6, 6.07) is 0.831. The number of anilines is 2. The number of amides is 2. The third kappa shape index (κ3) is 4.57. The Morgan fingerprint density at radius 1 is 1.06 bits per heavy atom. The summed E-state index contributed by atoms with van der Waals surface area (Å²) < 4.78 is 105. The van der Waals surface area contributed by atoms with E-state index in [1.165, 1.54) is 0 Å². The minimum absolute atomic E-state index is 0.166. The van der Waals surface area contributed by atoms with Gasteiger partial charge in [-0.15, -0.1) is 0 Å². The number of carbonyl (C=O) groups is 2. The van der Waals surface area contributed by atoms with Gasteiger partial charge in [0.05, 0.1) is 12.0 Å². The summed E-state index contributed by atoms with van der Waals surface area (Å²) >= 11 is 0. The van der Waals surface area contributed by atoms with E-state index in [1.807, 2.05) is 5.43 Å².